The molecule has 1 aromatic heterocycles. The number of fused-ring (bicyclic) bond motifs is 3. The standard InChI is InChI=1S/C30H21BrO/c31-27-7-4-8-29-30(27)26-19-25(17-18-28(26)32-29)24-15-13-23(14-16-24)22-11-9-21(10-12-22)20-5-2-1-3-6-20/h2,4-19H,1,3H2. The molecule has 4 aromatic carbocycles. The van der Waals surface area contributed by atoms with E-state index in [9.17, 15) is 0 Å². The van der Waals surface area contributed by atoms with Crippen LogP contribution in [0.25, 0.3) is 49.8 Å². The lowest BCUT2D eigenvalue weighted by Gasteiger charge is -2.09. The molecule has 0 atom stereocenters. The minimum atomic E-state index is 0.907. The SMILES string of the molecule is Brc1cccc2oc3ccc(-c4ccc(-c5ccc(C6=CCCC=C6)cc5)cc4)cc3c12. The molecule has 0 saturated heterocycles. The Morgan fingerprint density at radius 1 is 0.625 bits per heavy atom. The minimum absolute atomic E-state index is 0.907. The topological polar surface area (TPSA) is 13.1 Å². The van der Waals surface area contributed by atoms with Gasteiger partial charge in [-0.3, -0.25) is 0 Å². The first-order valence-electron chi connectivity index (χ1n) is 10.9. The van der Waals surface area contributed by atoms with Gasteiger partial charge in [0.15, 0.2) is 0 Å². The van der Waals surface area contributed by atoms with Crippen LogP contribution in [0.2, 0.25) is 0 Å². The van der Waals surface area contributed by atoms with E-state index in [1.54, 1.807) is 0 Å². The number of halogens is 1. The molecule has 0 N–H and O–H groups in total. The van der Waals surface area contributed by atoms with Gasteiger partial charge in [0.05, 0.1) is 0 Å². The molecule has 0 fully saturated rings. The van der Waals surface area contributed by atoms with Crippen LogP contribution >= 0.6 is 15.9 Å². The van der Waals surface area contributed by atoms with Crippen LogP contribution in [0.5, 0.6) is 0 Å². The first kappa shape index (κ1) is 19.3. The molecule has 2 heteroatoms. The first-order chi connectivity index (χ1) is 15.8. The van der Waals surface area contributed by atoms with Crippen molar-refractivity contribution < 1.29 is 4.42 Å². The Hall–Kier alpha value is -3.36. The fourth-order valence-corrected chi connectivity index (χ4v) is 5.06. The minimum Gasteiger partial charge on any atom is -0.456 e. The lowest BCUT2D eigenvalue weighted by Crippen LogP contribution is -1.86. The van der Waals surface area contributed by atoms with Crippen molar-refractivity contribution in [1.82, 2.24) is 0 Å². The summed E-state index contributed by atoms with van der Waals surface area (Å²) in [6.07, 6.45) is 9.08. The molecular weight excluding hydrogens is 456 g/mol. The summed E-state index contributed by atoms with van der Waals surface area (Å²) in [6.45, 7) is 0. The monoisotopic (exact) mass is 476 g/mol. The predicted octanol–water partition coefficient (Wildman–Crippen LogP) is 9.42. The number of furan rings is 1. The van der Waals surface area contributed by atoms with Crippen LogP contribution < -0.4 is 0 Å². The molecule has 0 saturated carbocycles. The van der Waals surface area contributed by atoms with Crippen molar-refractivity contribution in [2.24, 2.45) is 0 Å². The second-order valence-electron chi connectivity index (χ2n) is 8.22. The molecule has 0 amide bonds. The molecule has 0 spiro atoms. The van der Waals surface area contributed by atoms with Gasteiger partial charge in [-0.2, -0.15) is 0 Å². The largest absolute Gasteiger partial charge is 0.456 e. The highest BCUT2D eigenvalue weighted by molar-refractivity contribution is 9.10. The van der Waals surface area contributed by atoms with E-state index in [2.05, 4.69) is 107 Å². The molecule has 6 rings (SSSR count). The first-order valence-corrected chi connectivity index (χ1v) is 11.7. The van der Waals surface area contributed by atoms with Crippen LogP contribution in [0.4, 0.5) is 0 Å². The van der Waals surface area contributed by atoms with E-state index in [4.69, 9.17) is 4.42 Å². The van der Waals surface area contributed by atoms with Crippen LogP contribution in [0, 0.1) is 0 Å². The molecule has 32 heavy (non-hydrogen) atoms. The summed E-state index contributed by atoms with van der Waals surface area (Å²) in [5.41, 5.74) is 9.28. The molecule has 154 valence electrons. The molecule has 0 aliphatic heterocycles. The van der Waals surface area contributed by atoms with Gasteiger partial charge < -0.3 is 4.42 Å². The van der Waals surface area contributed by atoms with Crippen molar-refractivity contribution in [3.8, 4) is 22.3 Å². The van der Waals surface area contributed by atoms with Gasteiger partial charge in [0.2, 0.25) is 0 Å². The smallest absolute Gasteiger partial charge is 0.136 e. The predicted molar refractivity (Wildman–Crippen MR) is 139 cm³/mol. The summed E-state index contributed by atoms with van der Waals surface area (Å²) in [4.78, 5) is 0. The fourth-order valence-electron chi connectivity index (χ4n) is 4.50. The zero-order valence-electron chi connectivity index (χ0n) is 17.5. The Labute approximate surface area is 195 Å². The van der Waals surface area contributed by atoms with Gasteiger partial charge >= 0.3 is 0 Å². The maximum atomic E-state index is 6.02. The summed E-state index contributed by atoms with van der Waals surface area (Å²) in [5, 5.41) is 2.26. The van der Waals surface area contributed by atoms with Crippen molar-refractivity contribution in [3.63, 3.8) is 0 Å². The summed E-state index contributed by atoms with van der Waals surface area (Å²) in [7, 11) is 0. The number of hydrogen-bond acceptors (Lipinski definition) is 1. The van der Waals surface area contributed by atoms with Gasteiger partial charge in [0, 0.05) is 15.2 Å². The van der Waals surface area contributed by atoms with Crippen molar-refractivity contribution in [1.29, 1.82) is 0 Å². The average Bonchev–Trinajstić information content (AvgIpc) is 3.24. The normalized spacial score (nSPS) is 13.6. The molecule has 5 aromatic rings. The Bertz CT molecular complexity index is 1500. The molecular formula is C30H21BrO. The van der Waals surface area contributed by atoms with Crippen LogP contribution in [0.3, 0.4) is 0 Å². The number of rotatable bonds is 3. The molecule has 0 radical (unpaired) electrons. The molecule has 0 bridgehead atoms. The summed E-state index contributed by atoms with van der Waals surface area (Å²) < 4.78 is 7.08. The summed E-state index contributed by atoms with van der Waals surface area (Å²) >= 11 is 3.68. The third-order valence-corrected chi connectivity index (χ3v) is 6.87. The van der Waals surface area contributed by atoms with Gasteiger partial charge in [-0.15, -0.1) is 0 Å². The quantitative estimate of drug-likeness (QED) is 0.252. The highest BCUT2D eigenvalue weighted by Gasteiger charge is 2.11. The molecule has 1 heterocycles. The third kappa shape index (κ3) is 3.41. The van der Waals surface area contributed by atoms with E-state index in [0.717, 1.165) is 39.3 Å². The second-order valence-corrected chi connectivity index (χ2v) is 9.07. The van der Waals surface area contributed by atoms with Gasteiger partial charge in [-0.1, -0.05) is 94.8 Å². The summed E-state index contributed by atoms with van der Waals surface area (Å²) in [5.74, 6) is 0. The number of benzene rings is 4. The van der Waals surface area contributed by atoms with E-state index in [1.807, 2.05) is 12.1 Å². The Morgan fingerprint density at radius 2 is 1.28 bits per heavy atom. The molecule has 1 nitrogen and oxygen atoms in total. The van der Waals surface area contributed by atoms with E-state index in [0.29, 0.717) is 0 Å². The third-order valence-electron chi connectivity index (χ3n) is 6.21. The zero-order chi connectivity index (χ0) is 21.5. The summed E-state index contributed by atoms with van der Waals surface area (Å²) in [6, 6.07) is 30.2. The maximum Gasteiger partial charge on any atom is 0.136 e. The lowest BCUT2D eigenvalue weighted by molar-refractivity contribution is 0.669. The van der Waals surface area contributed by atoms with Crippen LogP contribution in [0.1, 0.15) is 18.4 Å². The van der Waals surface area contributed by atoms with Gasteiger partial charge in [-0.25, -0.2) is 0 Å². The highest BCUT2D eigenvalue weighted by Crippen LogP contribution is 2.36. The van der Waals surface area contributed by atoms with Crippen molar-refractivity contribution in [2.45, 2.75) is 12.8 Å². The molecule has 0 unspecified atom stereocenters. The van der Waals surface area contributed by atoms with Crippen LogP contribution in [-0.4, -0.2) is 0 Å². The zero-order valence-corrected chi connectivity index (χ0v) is 19.1. The lowest BCUT2D eigenvalue weighted by atomic mass is 9.96. The molecule has 1 aliphatic carbocycles. The Morgan fingerprint density at radius 3 is 1.97 bits per heavy atom. The Kier molecular flexibility index (Phi) is 4.81. The van der Waals surface area contributed by atoms with E-state index in [-0.39, 0.29) is 0 Å². The maximum absolute atomic E-state index is 6.02. The van der Waals surface area contributed by atoms with E-state index >= 15 is 0 Å². The van der Waals surface area contributed by atoms with Crippen molar-refractivity contribution >= 4 is 43.4 Å². The van der Waals surface area contributed by atoms with Gasteiger partial charge in [0.25, 0.3) is 0 Å². The van der Waals surface area contributed by atoms with Gasteiger partial charge in [-0.05, 0) is 70.5 Å². The number of hydrogen-bond donors (Lipinski definition) is 0. The average molecular weight is 477 g/mol. The van der Waals surface area contributed by atoms with Gasteiger partial charge in [0.1, 0.15) is 11.2 Å². The fraction of sp³-hybridized carbons (Fsp3) is 0.0667. The van der Waals surface area contributed by atoms with Crippen molar-refractivity contribution in [3.05, 3.63) is 113 Å². The van der Waals surface area contributed by atoms with Crippen LogP contribution in [-0.2, 0) is 0 Å². The Balaban J connectivity index is 1.32. The highest BCUT2D eigenvalue weighted by atomic mass is 79.9. The second kappa shape index (κ2) is 7.96. The number of allylic oxidation sites excluding steroid dienone is 4. The van der Waals surface area contributed by atoms with E-state index in [1.165, 1.54) is 33.4 Å². The van der Waals surface area contributed by atoms with Crippen molar-refractivity contribution in [2.75, 3.05) is 0 Å². The van der Waals surface area contributed by atoms with E-state index < -0.39 is 0 Å². The van der Waals surface area contributed by atoms with Crippen LogP contribution in [0.15, 0.2) is 112 Å². The molecule has 1 aliphatic rings.